The zero-order chi connectivity index (χ0) is 20.4. The SMILES string of the molecule is C=CCn1c(SC(C)C(=O)Nc2ccc(F)c(F)c2F)nc2sccc2c1=O. The Morgan fingerprint density at radius 1 is 1.36 bits per heavy atom. The van der Waals surface area contributed by atoms with Crippen LogP contribution in [0.3, 0.4) is 0 Å². The third-order valence-corrected chi connectivity index (χ3v) is 5.70. The Balaban J connectivity index is 1.86. The quantitative estimate of drug-likeness (QED) is 0.279. The minimum Gasteiger partial charge on any atom is -0.323 e. The van der Waals surface area contributed by atoms with Crippen molar-refractivity contribution in [2.75, 3.05) is 5.32 Å². The molecule has 1 atom stereocenters. The van der Waals surface area contributed by atoms with Gasteiger partial charge in [-0.15, -0.1) is 17.9 Å². The van der Waals surface area contributed by atoms with Crippen LogP contribution in [0.25, 0.3) is 10.2 Å². The van der Waals surface area contributed by atoms with E-state index in [-0.39, 0.29) is 12.1 Å². The largest absolute Gasteiger partial charge is 0.323 e. The number of thioether (sulfide) groups is 1. The minimum atomic E-state index is -1.66. The Bertz CT molecular complexity index is 1130. The van der Waals surface area contributed by atoms with Crippen molar-refractivity contribution in [3.05, 3.63) is 64.0 Å². The van der Waals surface area contributed by atoms with E-state index in [1.54, 1.807) is 11.4 Å². The lowest BCUT2D eigenvalue weighted by Crippen LogP contribution is -2.27. The molecule has 28 heavy (non-hydrogen) atoms. The number of benzene rings is 1. The number of aromatic nitrogens is 2. The van der Waals surface area contributed by atoms with Gasteiger partial charge in [-0.25, -0.2) is 18.2 Å². The van der Waals surface area contributed by atoms with E-state index in [0.717, 1.165) is 23.9 Å². The number of hydrogen-bond acceptors (Lipinski definition) is 5. The molecule has 1 unspecified atom stereocenters. The van der Waals surface area contributed by atoms with Crippen LogP contribution in [0.2, 0.25) is 0 Å². The van der Waals surface area contributed by atoms with Crippen molar-refractivity contribution < 1.29 is 18.0 Å². The number of carbonyl (C=O) groups is 1. The van der Waals surface area contributed by atoms with Crippen molar-refractivity contribution in [3.8, 4) is 0 Å². The third-order valence-electron chi connectivity index (χ3n) is 3.80. The van der Waals surface area contributed by atoms with E-state index >= 15 is 0 Å². The lowest BCUT2D eigenvalue weighted by atomic mass is 10.2. The van der Waals surface area contributed by atoms with Crippen LogP contribution in [0.1, 0.15) is 6.92 Å². The minimum absolute atomic E-state index is 0.200. The van der Waals surface area contributed by atoms with Crippen molar-refractivity contribution in [1.82, 2.24) is 9.55 Å². The van der Waals surface area contributed by atoms with Crippen molar-refractivity contribution in [2.24, 2.45) is 0 Å². The number of rotatable bonds is 6. The summed E-state index contributed by atoms with van der Waals surface area (Å²) in [6.45, 7) is 5.35. The second kappa shape index (κ2) is 8.19. The molecular formula is C18H14F3N3O2S2. The topological polar surface area (TPSA) is 64.0 Å². The normalized spacial score (nSPS) is 12.1. The van der Waals surface area contributed by atoms with Gasteiger partial charge in [-0.3, -0.25) is 14.2 Å². The van der Waals surface area contributed by atoms with Crippen molar-refractivity contribution in [2.45, 2.75) is 23.9 Å². The monoisotopic (exact) mass is 425 g/mol. The first-order valence-electron chi connectivity index (χ1n) is 8.03. The Hall–Kier alpha value is -2.59. The molecule has 1 aromatic carbocycles. The van der Waals surface area contributed by atoms with E-state index in [1.165, 1.54) is 28.9 Å². The van der Waals surface area contributed by atoms with Gasteiger partial charge in [0, 0.05) is 6.54 Å². The number of nitrogens with zero attached hydrogens (tertiary/aromatic N) is 2. The highest BCUT2D eigenvalue weighted by molar-refractivity contribution is 8.00. The summed E-state index contributed by atoms with van der Waals surface area (Å²) in [6, 6.07) is 3.33. The maximum absolute atomic E-state index is 13.8. The molecule has 0 spiro atoms. The Morgan fingerprint density at radius 3 is 2.82 bits per heavy atom. The van der Waals surface area contributed by atoms with Crippen molar-refractivity contribution in [3.63, 3.8) is 0 Å². The lowest BCUT2D eigenvalue weighted by molar-refractivity contribution is -0.115. The average Bonchev–Trinajstić information content (AvgIpc) is 3.14. The molecule has 1 N–H and O–H groups in total. The summed E-state index contributed by atoms with van der Waals surface area (Å²) in [5, 5.41) is 3.94. The van der Waals surface area contributed by atoms with Crippen LogP contribution < -0.4 is 10.9 Å². The summed E-state index contributed by atoms with van der Waals surface area (Å²) >= 11 is 2.29. The van der Waals surface area contributed by atoms with E-state index in [0.29, 0.717) is 15.4 Å². The van der Waals surface area contributed by atoms with E-state index in [1.807, 2.05) is 0 Å². The predicted octanol–water partition coefficient (Wildman–Crippen LogP) is 4.18. The van der Waals surface area contributed by atoms with Crippen LogP contribution in [-0.2, 0) is 11.3 Å². The van der Waals surface area contributed by atoms with E-state index < -0.39 is 34.3 Å². The summed E-state index contributed by atoms with van der Waals surface area (Å²) in [6.07, 6.45) is 1.53. The Kier molecular flexibility index (Phi) is 5.90. The number of amides is 1. The number of hydrogen-bond donors (Lipinski definition) is 1. The number of halogens is 3. The predicted molar refractivity (Wildman–Crippen MR) is 104 cm³/mol. The van der Waals surface area contributed by atoms with Gasteiger partial charge in [0.15, 0.2) is 22.6 Å². The highest BCUT2D eigenvalue weighted by Crippen LogP contribution is 2.26. The second-order valence-electron chi connectivity index (χ2n) is 5.71. The molecule has 0 aliphatic rings. The van der Waals surface area contributed by atoms with Gasteiger partial charge in [0.2, 0.25) is 5.91 Å². The standard InChI is InChI=1S/C18H14F3N3O2S2/c1-3-7-24-17(26)10-6-8-27-16(10)23-18(24)28-9(2)15(25)22-12-5-4-11(19)13(20)14(12)21/h3-6,8-9H,1,7H2,2H3,(H,22,25). The van der Waals surface area contributed by atoms with Crippen molar-refractivity contribution in [1.29, 1.82) is 0 Å². The van der Waals surface area contributed by atoms with Crippen LogP contribution in [0.5, 0.6) is 0 Å². The van der Waals surface area contributed by atoms with Gasteiger partial charge in [-0.05, 0) is 30.5 Å². The first-order chi connectivity index (χ1) is 13.3. The first-order valence-corrected chi connectivity index (χ1v) is 9.79. The molecule has 3 aromatic rings. The molecular weight excluding hydrogens is 411 g/mol. The van der Waals surface area contributed by atoms with Gasteiger partial charge in [-0.2, -0.15) is 0 Å². The maximum atomic E-state index is 13.8. The summed E-state index contributed by atoms with van der Waals surface area (Å²) in [5.74, 6) is -5.14. The number of allylic oxidation sites excluding steroid dienone is 1. The Morgan fingerprint density at radius 2 is 2.11 bits per heavy atom. The number of nitrogens with one attached hydrogen (secondary N) is 1. The lowest BCUT2D eigenvalue weighted by Gasteiger charge is -2.15. The zero-order valence-electron chi connectivity index (χ0n) is 14.5. The zero-order valence-corrected chi connectivity index (χ0v) is 16.2. The molecule has 3 rings (SSSR count). The smallest absolute Gasteiger partial charge is 0.263 e. The van der Waals surface area contributed by atoms with Gasteiger partial charge in [-0.1, -0.05) is 17.8 Å². The highest BCUT2D eigenvalue weighted by atomic mass is 32.2. The number of carbonyl (C=O) groups excluding carboxylic acids is 1. The van der Waals surface area contributed by atoms with Crippen LogP contribution in [0.15, 0.2) is 46.2 Å². The molecule has 0 saturated heterocycles. The molecule has 146 valence electrons. The molecule has 10 heteroatoms. The van der Waals surface area contributed by atoms with Gasteiger partial charge in [0.1, 0.15) is 4.83 Å². The van der Waals surface area contributed by atoms with Crippen LogP contribution in [0.4, 0.5) is 18.9 Å². The van der Waals surface area contributed by atoms with Crippen LogP contribution in [-0.4, -0.2) is 20.7 Å². The highest BCUT2D eigenvalue weighted by Gasteiger charge is 2.22. The molecule has 0 fully saturated rings. The van der Waals surface area contributed by atoms with Gasteiger partial charge >= 0.3 is 0 Å². The first kappa shape index (κ1) is 20.2. The van der Waals surface area contributed by atoms with Gasteiger partial charge in [0.25, 0.3) is 5.56 Å². The number of anilines is 1. The van der Waals surface area contributed by atoms with Crippen LogP contribution in [0, 0.1) is 17.5 Å². The molecule has 0 aliphatic heterocycles. The molecule has 5 nitrogen and oxygen atoms in total. The molecule has 2 heterocycles. The summed E-state index contributed by atoms with van der Waals surface area (Å²) in [5.41, 5.74) is -0.727. The molecule has 0 aliphatic carbocycles. The van der Waals surface area contributed by atoms with Gasteiger partial charge in [0.05, 0.1) is 16.3 Å². The number of thiophene rings is 1. The van der Waals surface area contributed by atoms with E-state index in [4.69, 9.17) is 0 Å². The molecule has 1 amide bonds. The molecule has 2 aromatic heterocycles. The summed E-state index contributed by atoms with van der Waals surface area (Å²) in [7, 11) is 0. The summed E-state index contributed by atoms with van der Waals surface area (Å²) < 4.78 is 41.5. The molecule has 0 saturated carbocycles. The van der Waals surface area contributed by atoms with E-state index in [2.05, 4.69) is 16.9 Å². The second-order valence-corrected chi connectivity index (χ2v) is 7.91. The van der Waals surface area contributed by atoms with Gasteiger partial charge < -0.3 is 5.32 Å². The summed E-state index contributed by atoms with van der Waals surface area (Å²) in [4.78, 5) is 29.9. The molecule has 0 radical (unpaired) electrons. The maximum Gasteiger partial charge on any atom is 0.263 e. The fourth-order valence-corrected chi connectivity index (χ4v) is 4.10. The fourth-order valence-electron chi connectivity index (χ4n) is 2.38. The average molecular weight is 425 g/mol. The fraction of sp³-hybridized carbons (Fsp3) is 0.167. The van der Waals surface area contributed by atoms with Crippen LogP contribution >= 0.6 is 23.1 Å². The van der Waals surface area contributed by atoms with E-state index in [9.17, 15) is 22.8 Å². The van der Waals surface area contributed by atoms with Crippen molar-refractivity contribution >= 4 is 44.9 Å². The molecule has 0 bridgehead atoms. The number of fused-ring (bicyclic) bond motifs is 1. The Labute approximate surface area is 165 Å². The third kappa shape index (κ3) is 3.83.